The van der Waals surface area contributed by atoms with Crippen LogP contribution in [0.3, 0.4) is 0 Å². The second-order valence-electron chi connectivity index (χ2n) is 2.20. The van der Waals surface area contributed by atoms with Gasteiger partial charge in [-0.25, -0.2) is 9.79 Å². The van der Waals surface area contributed by atoms with E-state index in [0.29, 0.717) is 6.54 Å². The van der Waals surface area contributed by atoms with E-state index >= 15 is 0 Å². The lowest BCUT2D eigenvalue weighted by Crippen LogP contribution is -1.70. The molecular formula is C7H9NO. The van der Waals surface area contributed by atoms with Crippen molar-refractivity contribution in [2.45, 2.75) is 12.8 Å². The Morgan fingerprint density at radius 3 is 3.00 bits per heavy atom. The summed E-state index contributed by atoms with van der Waals surface area (Å²) < 4.78 is 0. The topological polar surface area (TPSA) is 29.4 Å². The molecular weight excluding hydrogens is 114 g/mol. The molecule has 1 fully saturated rings. The molecule has 0 saturated heterocycles. The molecule has 1 aliphatic carbocycles. The fourth-order valence-corrected chi connectivity index (χ4v) is 0.632. The van der Waals surface area contributed by atoms with Gasteiger partial charge >= 0.3 is 0 Å². The van der Waals surface area contributed by atoms with E-state index in [1.807, 2.05) is 6.08 Å². The summed E-state index contributed by atoms with van der Waals surface area (Å²) in [6.07, 6.45) is 8.13. The fraction of sp³-hybridized carbons (Fsp3) is 0.571. The van der Waals surface area contributed by atoms with Crippen molar-refractivity contribution in [1.82, 2.24) is 0 Å². The molecule has 0 spiro atoms. The van der Waals surface area contributed by atoms with Crippen molar-refractivity contribution in [3.8, 4) is 0 Å². The Morgan fingerprint density at radius 1 is 1.67 bits per heavy atom. The molecule has 0 aromatic heterocycles. The van der Waals surface area contributed by atoms with Crippen LogP contribution < -0.4 is 0 Å². The molecule has 1 saturated carbocycles. The molecule has 48 valence electrons. The van der Waals surface area contributed by atoms with Gasteiger partial charge in [0.1, 0.15) is 0 Å². The minimum absolute atomic E-state index is 0.500. The van der Waals surface area contributed by atoms with Gasteiger partial charge in [0.25, 0.3) is 0 Å². The molecule has 0 aliphatic heterocycles. The Balaban J connectivity index is 2.08. The zero-order valence-electron chi connectivity index (χ0n) is 5.21. The molecule has 0 heterocycles. The van der Waals surface area contributed by atoms with Crippen molar-refractivity contribution in [2.24, 2.45) is 10.9 Å². The summed E-state index contributed by atoms with van der Waals surface area (Å²) in [5, 5.41) is 0. The summed E-state index contributed by atoms with van der Waals surface area (Å²) >= 11 is 0. The van der Waals surface area contributed by atoms with Crippen LogP contribution in [0.5, 0.6) is 0 Å². The maximum absolute atomic E-state index is 9.54. The van der Waals surface area contributed by atoms with E-state index in [2.05, 4.69) is 11.1 Å². The first-order valence-electron chi connectivity index (χ1n) is 3.14. The number of hydrogen-bond acceptors (Lipinski definition) is 2. The molecule has 0 unspecified atom stereocenters. The molecule has 0 atom stereocenters. The number of carbonyl (C=O) groups excluding carboxylic acids is 1. The maximum atomic E-state index is 9.54. The van der Waals surface area contributed by atoms with Crippen LogP contribution in [-0.2, 0) is 4.79 Å². The Morgan fingerprint density at radius 2 is 2.44 bits per heavy atom. The lowest BCUT2D eigenvalue weighted by Gasteiger charge is -1.76. The van der Waals surface area contributed by atoms with E-state index in [9.17, 15) is 4.79 Å². The molecule has 9 heavy (non-hydrogen) atoms. The average Bonchev–Trinajstić information content (AvgIpc) is 2.63. The Labute approximate surface area is 54.3 Å². The number of rotatable bonds is 3. The van der Waals surface area contributed by atoms with Crippen LogP contribution in [0.25, 0.3) is 0 Å². The van der Waals surface area contributed by atoms with E-state index < -0.39 is 0 Å². The first-order valence-corrected chi connectivity index (χ1v) is 3.14. The highest BCUT2D eigenvalue weighted by Gasteiger charge is 2.16. The number of nitrogens with zero attached hydrogens (tertiary/aromatic N) is 1. The van der Waals surface area contributed by atoms with Gasteiger partial charge in [0, 0.05) is 0 Å². The van der Waals surface area contributed by atoms with Crippen molar-refractivity contribution >= 4 is 6.08 Å². The summed E-state index contributed by atoms with van der Waals surface area (Å²) in [6, 6.07) is 0. The van der Waals surface area contributed by atoms with E-state index in [0.717, 1.165) is 5.92 Å². The molecule has 0 aromatic rings. The minimum Gasteiger partial charge on any atom is -0.211 e. The molecule has 2 heteroatoms. The van der Waals surface area contributed by atoms with Gasteiger partial charge in [-0.15, -0.1) is 0 Å². The van der Waals surface area contributed by atoms with Gasteiger partial charge in [-0.2, -0.15) is 0 Å². The molecule has 0 amide bonds. The first-order chi connectivity index (χ1) is 4.43. The van der Waals surface area contributed by atoms with Gasteiger partial charge in [-0.3, -0.25) is 0 Å². The second-order valence-corrected chi connectivity index (χ2v) is 2.20. The number of isocyanates is 1. The van der Waals surface area contributed by atoms with Crippen LogP contribution in [0.1, 0.15) is 12.8 Å². The summed E-state index contributed by atoms with van der Waals surface area (Å²) in [5.41, 5.74) is 0. The molecule has 0 N–H and O–H groups in total. The highest BCUT2D eigenvalue weighted by atomic mass is 16.1. The standard InChI is InChI=1S/C7H9NO/c9-6-8-5-1-2-7-3-4-7/h1-2,7H,3-5H2/b2-1-. The monoisotopic (exact) mass is 123 g/mol. The van der Waals surface area contributed by atoms with Crippen LogP contribution in [0.15, 0.2) is 17.1 Å². The largest absolute Gasteiger partial charge is 0.235 e. The zero-order valence-corrected chi connectivity index (χ0v) is 5.21. The third kappa shape index (κ3) is 2.83. The summed E-state index contributed by atoms with van der Waals surface area (Å²) in [4.78, 5) is 12.9. The SMILES string of the molecule is O=C=NC/C=C\C1CC1. The van der Waals surface area contributed by atoms with Gasteiger partial charge in [0.05, 0.1) is 6.54 Å². The zero-order chi connectivity index (χ0) is 6.53. The highest BCUT2D eigenvalue weighted by Crippen LogP contribution is 2.29. The molecule has 1 rings (SSSR count). The smallest absolute Gasteiger partial charge is 0.211 e. The van der Waals surface area contributed by atoms with Gasteiger partial charge in [0.15, 0.2) is 0 Å². The number of allylic oxidation sites excluding steroid dienone is 1. The van der Waals surface area contributed by atoms with Crippen LogP contribution in [0, 0.1) is 5.92 Å². The fourth-order valence-electron chi connectivity index (χ4n) is 0.632. The maximum Gasteiger partial charge on any atom is 0.235 e. The van der Waals surface area contributed by atoms with Crippen LogP contribution >= 0.6 is 0 Å². The summed E-state index contributed by atoms with van der Waals surface area (Å²) in [5.74, 6) is 0.784. The average molecular weight is 123 g/mol. The van der Waals surface area contributed by atoms with Crippen molar-refractivity contribution in [3.05, 3.63) is 12.2 Å². The van der Waals surface area contributed by atoms with Gasteiger partial charge in [-0.05, 0) is 18.8 Å². The van der Waals surface area contributed by atoms with Crippen molar-refractivity contribution in [3.63, 3.8) is 0 Å². The van der Waals surface area contributed by atoms with Crippen molar-refractivity contribution in [2.75, 3.05) is 6.54 Å². The Kier molecular flexibility index (Phi) is 2.22. The van der Waals surface area contributed by atoms with Crippen molar-refractivity contribution in [1.29, 1.82) is 0 Å². The minimum atomic E-state index is 0.500. The molecule has 0 aromatic carbocycles. The van der Waals surface area contributed by atoms with E-state index in [1.54, 1.807) is 0 Å². The number of aliphatic imine (C=N–C) groups is 1. The molecule has 0 bridgehead atoms. The molecule has 1 aliphatic rings. The quantitative estimate of drug-likeness (QED) is 0.316. The van der Waals surface area contributed by atoms with Gasteiger partial charge in [0.2, 0.25) is 6.08 Å². The van der Waals surface area contributed by atoms with E-state index in [1.165, 1.54) is 18.9 Å². The Bertz CT molecular complexity index is 152. The third-order valence-electron chi connectivity index (χ3n) is 1.29. The first kappa shape index (κ1) is 6.24. The lowest BCUT2D eigenvalue weighted by atomic mass is 10.4. The van der Waals surface area contributed by atoms with E-state index in [4.69, 9.17) is 0 Å². The van der Waals surface area contributed by atoms with Gasteiger partial charge < -0.3 is 0 Å². The highest BCUT2D eigenvalue weighted by molar-refractivity contribution is 5.33. The van der Waals surface area contributed by atoms with Gasteiger partial charge in [-0.1, -0.05) is 12.2 Å². The third-order valence-corrected chi connectivity index (χ3v) is 1.29. The lowest BCUT2D eigenvalue weighted by molar-refractivity contribution is 0.564. The normalized spacial score (nSPS) is 17.8. The molecule has 2 nitrogen and oxygen atoms in total. The number of hydrogen-bond donors (Lipinski definition) is 0. The van der Waals surface area contributed by atoms with Crippen LogP contribution in [-0.4, -0.2) is 12.6 Å². The van der Waals surface area contributed by atoms with Crippen LogP contribution in [0.2, 0.25) is 0 Å². The summed E-state index contributed by atoms with van der Waals surface area (Å²) in [7, 11) is 0. The predicted octanol–water partition coefficient (Wildman–Crippen LogP) is 1.29. The van der Waals surface area contributed by atoms with E-state index in [-0.39, 0.29) is 0 Å². The van der Waals surface area contributed by atoms with Crippen LogP contribution in [0.4, 0.5) is 0 Å². The second kappa shape index (κ2) is 3.21. The Hall–Kier alpha value is -0.880. The summed E-state index contributed by atoms with van der Waals surface area (Å²) in [6.45, 7) is 0.500. The van der Waals surface area contributed by atoms with Crippen molar-refractivity contribution < 1.29 is 4.79 Å². The molecule has 0 radical (unpaired) electrons. The predicted molar refractivity (Wildman–Crippen MR) is 34.9 cm³/mol.